The highest BCUT2D eigenvalue weighted by Crippen LogP contribution is 2.31. The summed E-state index contributed by atoms with van der Waals surface area (Å²) in [6.07, 6.45) is -5.36. The number of hydrogen-bond acceptors (Lipinski definition) is 1. The smallest absolute Gasteiger partial charge is 0.227 e. The number of carbonyl (C=O) groups excluding carboxylic acids is 1. The van der Waals surface area contributed by atoms with E-state index in [0.29, 0.717) is 11.6 Å². The molecule has 7 aromatic rings. The van der Waals surface area contributed by atoms with Crippen molar-refractivity contribution in [2.75, 3.05) is 0 Å². The van der Waals surface area contributed by atoms with Gasteiger partial charge in [0.15, 0.2) is 76.0 Å². The Morgan fingerprint density at radius 2 is 0.662 bits per heavy atom. The molecule has 2 nitrogen and oxygen atoms in total. The van der Waals surface area contributed by atoms with Gasteiger partial charge in [-0.25, -0.2) is 87.8 Å². The summed E-state index contributed by atoms with van der Waals surface area (Å²) in [4.78, 5) is 12.3. The van der Waals surface area contributed by atoms with Crippen LogP contribution >= 0.6 is 11.6 Å². The molecule has 0 saturated carbocycles. The van der Waals surface area contributed by atoms with Crippen molar-refractivity contribution in [2.45, 2.75) is 6.54 Å². The summed E-state index contributed by atoms with van der Waals surface area (Å²) in [6, 6.07) is 19.0. The first kappa shape index (κ1) is 47.8. The normalized spacial score (nSPS) is 11.6. The maximum Gasteiger partial charge on any atom is 0.227 e. The van der Waals surface area contributed by atoms with Crippen molar-refractivity contribution in [3.63, 3.8) is 0 Å². The lowest BCUT2D eigenvalue weighted by molar-refractivity contribution is -0.657. The fraction of sp³-hybridized carbons (Fsp3) is 0.0244. The number of rotatable bonds is 7. The fourth-order valence-corrected chi connectivity index (χ4v) is 7.35. The highest BCUT2D eigenvalue weighted by molar-refractivity contribution is 7.20. The second-order valence-electron chi connectivity index (χ2n) is 13.4. The van der Waals surface area contributed by atoms with Gasteiger partial charge in [-0.15, -0.1) is 21.9 Å². The number of para-hydroxylation sites is 1. The van der Waals surface area contributed by atoms with Crippen LogP contribution in [0.3, 0.4) is 0 Å². The van der Waals surface area contributed by atoms with E-state index in [9.17, 15) is 57.5 Å². The van der Waals surface area contributed by atoms with Crippen molar-refractivity contribution in [3.05, 3.63) is 194 Å². The predicted molar refractivity (Wildman–Crippen MR) is 189 cm³/mol. The van der Waals surface area contributed by atoms with Gasteiger partial charge in [-0.3, -0.25) is 4.79 Å². The molecule has 65 heavy (non-hydrogen) atoms. The number of benzene rings is 6. The SMILES string of the molecule is Fc1c(F)c(F)c([B-](c2c(F)c(F)c(F)c(F)c2F)(c2c(F)c(F)c(F)c(F)c2F)c2c(F)c(F)c(F)c(F)c2F)c(F)c1F.O=C(C[n+]1ccc(Cl)c2ccccc21)c1ccccc1. The molecule has 7 rings (SSSR count). The van der Waals surface area contributed by atoms with Gasteiger partial charge in [-0.2, -0.15) is 4.57 Å². The number of carbonyl (C=O) groups is 1. The standard InChI is InChI=1S/C24BF20.C17H13ClNO/c26-5-1(6(27)14(35)21(42)13(5)34)25(2-7(28)15(36)22(43)16(37)8(2)29,3-9(30)17(38)23(44)18(39)10(3)31)4-11(32)19(40)24(45)20(41)12(4)33;18-15-10-11-19(16-9-5-4-8-14(15)16)12-17(20)13-6-2-1-3-7-13/h;1-11H,12H2/q-1;+1. The molecule has 0 N–H and O–H groups in total. The first-order valence-electron chi connectivity index (χ1n) is 17.3. The Bertz CT molecular complexity index is 2730. The largest absolute Gasteiger partial charge is 0.287 e. The number of Topliss-reactive ketones (excluding diaryl/α,β-unsaturated/α-hetero) is 1. The quantitative estimate of drug-likeness (QED) is 0.0390. The molecule has 0 aliphatic rings. The second-order valence-corrected chi connectivity index (χ2v) is 13.8. The topological polar surface area (TPSA) is 20.9 Å². The van der Waals surface area contributed by atoms with Crippen molar-refractivity contribution in [1.29, 1.82) is 0 Å². The molecule has 0 spiro atoms. The Morgan fingerprint density at radius 1 is 0.385 bits per heavy atom. The number of ketones is 1. The number of pyridine rings is 1. The molecule has 1 aromatic heterocycles. The average molecular weight is 962 g/mol. The molecule has 0 radical (unpaired) electrons. The fourth-order valence-electron chi connectivity index (χ4n) is 7.13. The zero-order valence-corrected chi connectivity index (χ0v) is 31.7. The second kappa shape index (κ2) is 17.7. The van der Waals surface area contributed by atoms with E-state index in [1.165, 1.54) is 0 Å². The third-order valence-electron chi connectivity index (χ3n) is 9.99. The molecule has 0 aliphatic heterocycles. The van der Waals surface area contributed by atoms with Crippen LogP contribution in [0.4, 0.5) is 87.8 Å². The zero-order chi connectivity index (χ0) is 48.3. The van der Waals surface area contributed by atoms with Crippen LogP contribution in [0, 0.1) is 116 Å². The summed E-state index contributed by atoms with van der Waals surface area (Å²) in [7, 11) is 0. The molecule has 0 fully saturated rings. The molecule has 0 saturated heterocycles. The minimum Gasteiger partial charge on any atom is -0.287 e. The molecule has 0 unspecified atom stereocenters. The highest BCUT2D eigenvalue weighted by atomic mass is 35.5. The summed E-state index contributed by atoms with van der Waals surface area (Å²) < 4.78 is 296. The third kappa shape index (κ3) is 7.47. The Labute approximate surface area is 353 Å². The molecule has 338 valence electrons. The van der Waals surface area contributed by atoms with E-state index in [1.807, 2.05) is 71.4 Å². The summed E-state index contributed by atoms with van der Waals surface area (Å²) in [5.74, 6) is -71.3. The predicted octanol–water partition coefficient (Wildman–Crippen LogP) is 9.51. The van der Waals surface area contributed by atoms with Crippen molar-refractivity contribution in [2.24, 2.45) is 0 Å². The Morgan fingerprint density at radius 3 is 0.985 bits per heavy atom. The molecule has 6 aromatic carbocycles. The van der Waals surface area contributed by atoms with E-state index in [1.54, 1.807) is 0 Å². The summed E-state index contributed by atoms with van der Waals surface area (Å²) in [5.41, 5.74) is -12.6. The number of aromatic nitrogens is 1. The van der Waals surface area contributed by atoms with Crippen LogP contribution in [-0.4, -0.2) is 11.9 Å². The van der Waals surface area contributed by atoms with Gasteiger partial charge in [0.25, 0.3) is 0 Å². The molecule has 0 bridgehead atoms. The van der Waals surface area contributed by atoms with Crippen LogP contribution in [0.5, 0.6) is 0 Å². The maximum absolute atomic E-state index is 15.4. The van der Waals surface area contributed by atoms with Gasteiger partial charge in [0.2, 0.25) is 17.8 Å². The monoisotopic (exact) mass is 961 g/mol. The van der Waals surface area contributed by atoms with Gasteiger partial charge in [-0.05, 0) is 6.07 Å². The lowest BCUT2D eigenvalue weighted by Crippen LogP contribution is -2.81. The van der Waals surface area contributed by atoms with Gasteiger partial charge in [0.1, 0.15) is 52.7 Å². The molecule has 0 aliphatic carbocycles. The van der Waals surface area contributed by atoms with E-state index >= 15 is 35.1 Å². The van der Waals surface area contributed by atoms with E-state index in [0.717, 1.165) is 16.5 Å². The summed E-state index contributed by atoms with van der Waals surface area (Å²) in [6.45, 7) is 0.307. The molecule has 0 atom stereocenters. The van der Waals surface area contributed by atoms with E-state index in [2.05, 4.69) is 0 Å². The minimum atomic E-state index is -7.22. The first-order chi connectivity index (χ1) is 30.5. The third-order valence-corrected chi connectivity index (χ3v) is 10.3. The maximum atomic E-state index is 15.4. The molecular weight excluding hydrogens is 949 g/mol. The molecular formula is C41H13BClF20NO. The van der Waals surface area contributed by atoms with Crippen LogP contribution in [0.1, 0.15) is 10.4 Å². The lowest BCUT2D eigenvalue weighted by Gasteiger charge is -2.44. The molecule has 24 heteroatoms. The van der Waals surface area contributed by atoms with Gasteiger partial charge in [0.05, 0.1) is 10.4 Å². The Balaban J connectivity index is 0.000000289. The van der Waals surface area contributed by atoms with Crippen LogP contribution < -0.4 is 26.4 Å². The van der Waals surface area contributed by atoms with Gasteiger partial charge < -0.3 is 0 Å². The summed E-state index contributed by atoms with van der Waals surface area (Å²) >= 11 is 6.18. The highest BCUT2D eigenvalue weighted by Gasteiger charge is 2.52. The van der Waals surface area contributed by atoms with Crippen LogP contribution in [0.25, 0.3) is 10.9 Å². The van der Waals surface area contributed by atoms with Crippen LogP contribution in [0.2, 0.25) is 5.02 Å². The van der Waals surface area contributed by atoms with Gasteiger partial charge in [-0.1, -0.05) is 54.1 Å². The van der Waals surface area contributed by atoms with Crippen molar-refractivity contribution in [1.82, 2.24) is 0 Å². The molecule has 0 amide bonds. The molecule has 1 heterocycles. The van der Waals surface area contributed by atoms with Crippen LogP contribution in [0.15, 0.2) is 66.9 Å². The van der Waals surface area contributed by atoms with Gasteiger partial charge >= 0.3 is 0 Å². The van der Waals surface area contributed by atoms with Crippen molar-refractivity contribution in [3.8, 4) is 0 Å². The first-order valence-corrected chi connectivity index (χ1v) is 17.7. The number of fused-ring (bicyclic) bond motifs is 1. The summed E-state index contributed by atoms with van der Waals surface area (Å²) in [5, 5.41) is 1.65. The minimum absolute atomic E-state index is 0.0862. The van der Waals surface area contributed by atoms with E-state index in [-0.39, 0.29) is 5.78 Å². The average Bonchev–Trinajstić information content (AvgIpc) is 3.30. The van der Waals surface area contributed by atoms with Gasteiger partial charge in [0, 0.05) is 17.7 Å². The van der Waals surface area contributed by atoms with Crippen LogP contribution in [-0.2, 0) is 6.54 Å². The van der Waals surface area contributed by atoms with Crippen molar-refractivity contribution >= 4 is 56.3 Å². The zero-order valence-electron chi connectivity index (χ0n) is 30.9. The Hall–Kier alpha value is -6.65. The number of halogens is 21. The lowest BCUT2D eigenvalue weighted by atomic mass is 9.12. The number of hydrogen-bond donors (Lipinski definition) is 0. The number of nitrogens with zero attached hydrogens (tertiary/aromatic N) is 1. The van der Waals surface area contributed by atoms with Crippen molar-refractivity contribution < 1.29 is 97.2 Å². The van der Waals surface area contributed by atoms with E-state index in [4.69, 9.17) is 11.6 Å². The van der Waals surface area contributed by atoms with E-state index < -0.39 is 144 Å². The Kier molecular flexibility index (Phi) is 13.0.